The zero-order chi connectivity index (χ0) is 14.2. The van der Waals surface area contributed by atoms with E-state index in [9.17, 15) is 0 Å². The molecule has 106 valence electrons. The van der Waals surface area contributed by atoms with E-state index in [0.717, 1.165) is 35.5 Å². The maximum atomic E-state index is 4.70. The van der Waals surface area contributed by atoms with Gasteiger partial charge in [-0.1, -0.05) is 13.8 Å². The summed E-state index contributed by atoms with van der Waals surface area (Å²) in [6.45, 7) is 12.1. The van der Waals surface area contributed by atoms with E-state index < -0.39 is 0 Å². The molecule has 2 rings (SSSR count). The Morgan fingerprint density at radius 1 is 1.16 bits per heavy atom. The lowest BCUT2D eigenvalue weighted by atomic mass is 9.86. The number of rotatable bonds is 2. The quantitative estimate of drug-likeness (QED) is 0.889. The van der Waals surface area contributed by atoms with Crippen LogP contribution in [0.2, 0.25) is 0 Å². The molecule has 1 fully saturated rings. The minimum atomic E-state index is 0.536. The van der Waals surface area contributed by atoms with Gasteiger partial charge in [0.25, 0.3) is 0 Å². The van der Waals surface area contributed by atoms with Gasteiger partial charge in [-0.05, 0) is 39.0 Å². The molecule has 1 aliphatic heterocycles. The summed E-state index contributed by atoms with van der Waals surface area (Å²) in [6, 6.07) is 0.536. The van der Waals surface area contributed by atoms with Crippen molar-refractivity contribution in [3.8, 4) is 0 Å². The van der Waals surface area contributed by atoms with Crippen LogP contribution in [-0.4, -0.2) is 29.6 Å². The van der Waals surface area contributed by atoms with Gasteiger partial charge in [0.05, 0.1) is 0 Å². The van der Waals surface area contributed by atoms with Crippen LogP contribution in [0.4, 0.5) is 11.6 Å². The van der Waals surface area contributed by atoms with Crippen LogP contribution in [0, 0.1) is 25.7 Å². The summed E-state index contributed by atoms with van der Waals surface area (Å²) >= 11 is 0. The van der Waals surface area contributed by atoms with Crippen molar-refractivity contribution >= 4 is 11.6 Å². The van der Waals surface area contributed by atoms with E-state index in [4.69, 9.17) is 4.98 Å². The highest BCUT2D eigenvalue weighted by Crippen LogP contribution is 2.33. The molecule has 0 aromatic carbocycles. The molecule has 0 saturated carbocycles. The number of nitrogens with zero attached hydrogens (tertiary/aromatic N) is 3. The van der Waals surface area contributed by atoms with Crippen molar-refractivity contribution in [2.45, 2.75) is 47.1 Å². The first-order chi connectivity index (χ1) is 8.93. The number of hydrogen-bond acceptors (Lipinski definition) is 4. The van der Waals surface area contributed by atoms with E-state index >= 15 is 0 Å². The number of anilines is 2. The molecular weight excluding hydrogens is 236 g/mol. The van der Waals surface area contributed by atoms with Crippen molar-refractivity contribution in [2.24, 2.45) is 11.8 Å². The van der Waals surface area contributed by atoms with Crippen LogP contribution in [0.15, 0.2) is 0 Å². The minimum absolute atomic E-state index is 0.536. The van der Waals surface area contributed by atoms with Gasteiger partial charge in [-0.25, -0.2) is 9.97 Å². The Hall–Kier alpha value is -1.32. The maximum absolute atomic E-state index is 4.70. The summed E-state index contributed by atoms with van der Waals surface area (Å²) in [5.74, 6) is 4.31. The maximum Gasteiger partial charge on any atom is 0.137 e. The van der Waals surface area contributed by atoms with E-state index in [1.165, 1.54) is 6.42 Å². The fourth-order valence-electron chi connectivity index (χ4n) is 3.13. The Morgan fingerprint density at radius 2 is 1.84 bits per heavy atom. The summed E-state index contributed by atoms with van der Waals surface area (Å²) < 4.78 is 0. The van der Waals surface area contributed by atoms with Gasteiger partial charge in [-0.2, -0.15) is 0 Å². The molecule has 4 nitrogen and oxygen atoms in total. The molecule has 1 saturated heterocycles. The van der Waals surface area contributed by atoms with Gasteiger partial charge in [0.15, 0.2) is 0 Å². The lowest BCUT2D eigenvalue weighted by Gasteiger charge is -2.42. The van der Waals surface area contributed by atoms with Gasteiger partial charge in [0.2, 0.25) is 0 Å². The average molecular weight is 262 g/mol. The van der Waals surface area contributed by atoms with Gasteiger partial charge in [0.1, 0.15) is 17.5 Å². The van der Waals surface area contributed by atoms with E-state index in [-0.39, 0.29) is 0 Å². The zero-order valence-corrected chi connectivity index (χ0v) is 13.0. The van der Waals surface area contributed by atoms with Gasteiger partial charge in [-0.15, -0.1) is 0 Å². The number of piperidine rings is 1. The van der Waals surface area contributed by atoms with E-state index in [0.29, 0.717) is 12.0 Å². The summed E-state index contributed by atoms with van der Waals surface area (Å²) in [5, 5.41) is 3.18. The van der Waals surface area contributed by atoms with Crippen molar-refractivity contribution in [2.75, 3.05) is 23.8 Å². The highest BCUT2D eigenvalue weighted by atomic mass is 15.2. The third-order valence-electron chi connectivity index (χ3n) is 4.34. The lowest BCUT2D eigenvalue weighted by Crippen LogP contribution is -2.46. The second kappa shape index (κ2) is 5.35. The van der Waals surface area contributed by atoms with Crippen LogP contribution in [0.25, 0.3) is 0 Å². The third kappa shape index (κ3) is 2.67. The standard InChI is InChI=1S/C15H26N4/c1-9-7-10(2)12(4)19(8-9)15-11(3)14(16-6)17-13(5)18-15/h9-10,12H,7-8H2,1-6H3,(H,16,17,18). The van der Waals surface area contributed by atoms with Crippen LogP contribution in [-0.2, 0) is 0 Å². The normalized spacial score (nSPS) is 27.5. The summed E-state index contributed by atoms with van der Waals surface area (Å²) in [7, 11) is 1.92. The zero-order valence-electron chi connectivity index (χ0n) is 13.0. The molecule has 3 unspecified atom stereocenters. The van der Waals surface area contributed by atoms with Crippen molar-refractivity contribution in [1.29, 1.82) is 0 Å². The smallest absolute Gasteiger partial charge is 0.137 e. The van der Waals surface area contributed by atoms with Gasteiger partial charge >= 0.3 is 0 Å². The van der Waals surface area contributed by atoms with Crippen LogP contribution >= 0.6 is 0 Å². The highest BCUT2D eigenvalue weighted by molar-refractivity contribution is 5.59. The van der Waals surface area contributed by atoms with Crippen LogP contribution in [0.1, 0.15) is 38.6 Å². The molecular formula is C15H26N4. The Bertz CT molecular complexity index is 458. The number of nitrogens with one attached hydrogen (secondary N) is 1. The third-order valence-corrected chi connectivity index (χ3v) is 4.34. The van der Waals surface area contributed by atoms with Crippen molar-refractivity contribution in [3.63, 3.8) is 0 Å². The molecule has 0 aliphatic carbocycles. The Kier molecular flexibility index (Phi) is 3.97. The van der Waals surface area contributed by atoms with Gasteiger partial charge in [0, 0.05) is 25.2 Å². The van der Waals surface area contributed by atoms with Gasteiger partial charge < -0.3 is 10.2 Å². The monoisotopic (exact) mass is 262 g/mol. The number of aryl methyl sites for hydroxylation is 1. The van der Waals surface area contributed by atoms with Crippen molar-refractivity contribution in [3.05, 3.63) is 11.4 Å². The molecule has 1 N–H and O–H groups in total. The van der Waals surface area contributed by atoms with Crippen molar-refractivity contribution in [1.82, 2.24) is 9.97 Å². The molecule has 2 heterocycles. The highest BCUT2D eigenvalue weighted by Gasteiger charge is 2.31. The first-order valence-electron chi connectivity index (χ1n) is 7.23. The molecule has 0 amide bonds. The van der Waals surface area contributed by atoms with Crippen LogP contribution in [0.3, 0.4) is 0 Å². The molecule has 0 radical (unpaired) electrons. The molecule has 0 spiro atoms. The Balaban J connectivity index is 2.42. The molecule has 19 heavy (non-hydrogen) atoms. The summed E-state index contributed by atoms with van der Waals surface area (Å²) in [4.78, 5) is 11.6. The number of aromatic nitrogens is 2. The minimum Gasteiger partial charge on any atom is -0.373 e. The fraction of sp³-hybridized carbons (Fsp3) is 0.733. The molecule has 1 aromatic heterocycles. The van der Waals surface area contributed by atoms with E-state index in [2.05, 4.69) is 42.9 Å². The second-order valence-electron chi connectivity index (χ2n) is 6.03. The largest absolute Gasteiger partial charge is 0.373 e. The van der Waals surface area contributed by atoms with Crippen LogP contribution in [0.5, 0.6) is 0 Å². The molecule has 1 aromatic rings. The second-order valence-corrected chi connectivity index (χ2v) is 6.03. The Morgan fingerprint density at radius 3 is 2.47 bits per heavy atom. The van der Waals surface area contributed by atoms with Crippen LogP contribution < -0.4 is 10.2 Å². The number of hydrogen-bond donors (Lipinski definition) is 1. The molecule has 1 aliphatic rings. The van der Waals surface area contributed by atoms with Crippen molar-refractivity contribution < 1.29 is 0 Å². The Labute approximate surface area is 116 Å². The first-order valence-corrected chi connectivity index (χ1v) is 7.23. The molecule has 3 atom stereocenters. The van der Waals surface area contributed by atoms with E-state index in [1.807, 2.05) is 14.0 Å². The summed E-state index contributed by atoms with van der Waals surface area (Å²) in [5.41, 5.74) is 1.15. The average Bonchev–Trinajstić information content (AvgIpc) is 2.36. The first kappa shape index (κ1) is 14.1. The molecule has 0 bridgehead atoms. The predicted molar refractivity (Wildman–Crippen MR) is 80.8 cm³/mol. The fourth-order valence-corrected chi connectivity index (χ4v) is 3.13. The summed E-state index contributed by atoms with van der Waals surface area (Å²) in [6.07, 6.45) is 1.31. The topological polar surface area (TPSA) is 41.1 Å². The van der Waals surface area contributed by atoms with Gasteiger partial charge in [-0.3, -0.25) is 0 Å². The predicted octanol–water partition coefficient (Wildman–Crippen LogP) is 3.01. The lowest BCUT2D eigenvalue weighted by molar-refractivity contribution is 0.295. The molecule has 4 heteroatoms. The SMILES string of the molecule is CNc1nc(C)nc(N2CC(C)CC(C)C2C)c1C. The van der Waals surface area contributed by atoms with E-state index in [1.54, 1.807) is 0 Å².